The van der Waals surface area contributed by atoms with Gasteiger partial charge in [-0.15, -0.1) is 25.5 Å². The average molecular weight is 411 g/mol. The van der Waals surface area contributed by atoms with Gasteiger partial charge in [0, 0.05) is 11.1 Å². The van der Waals surface area contributed by atoms with Gasteiger partial charge in [0.25, 0.3) is 0 Å². The van der Waals surface area contributed by atoms with Gasteiger partial charge in [-0.05, 0) is 12.5 Å². The lowest BCUT2D eigenvalue weighted by Crippen LogP contribution is -2.15. The Bertz CT molecular complexity index is 1420. The molecule has 5 aromatic rings. The predicted molar refractivity (Wildman–Crippen MR) is 115 cm³/mol. The van der Waals surface area contributed by atoms with Crippen LogP contribution in [0.4, 0.5) is 5.82 Å². The number of nitrogens with zero attached hydrogens (tertiary/aromatic N) is 6. The normalized spacial score (nSPS) is 11.1. The molecule has 0 aliphatic rings. The number of aromatic nitrogens is 6. The van der Waals surface area contributed by atoms with Gasteiger partial charge in [0.2, 0.25) is 11.3 Å². The maximum atomic E-state index is 12.2. The second-order valence-electron chi connectivity index (χ2n) is 6.74. The summed E-state index contributed by atoms with van der Waals surface area (Å²) in [5.74, 6) is -0.630. The van der Waals surface area contributed by atoms with E-state index in [0.717, 1.165) is 16.7 Å². The lowest BCUT2D eigenvalue weighted by atomic mass is 9.97. The maximum absolute atomic E-state index is 12.2. The van der Waals surface area contributed by atoms with E-state index in [-0.39, 0.29) is 18.1 Å². The minimum Gasteiger partial charge on any atom is -0.461 e. The molecule has 0 atom stereocenters. The Balaban J connectivity index is 1.86. The number of nitrogen functional groups attached to an aromatic ring is 1. The van der Waals surface area contributed by atoms with Crippen molar-refractivity contribution in [2.24, 2.45) is 0 Å². The molecule has 2 aromatic carbocycles. The molecule has 2 N–H and O–H groups in total. The highest BCUT2D eigenvalue weighted by atomic mass is 16.5. The molecule has 0 unspecified atom stereocenters. The summed E-state index contributed by atoms with van der Waals surface area (Å²) in [5, 5.41) is 22.1. The Kier molecular flexibility index (Phi) is 4.47. The number of rotatable bonds is 4. The summed E-state index contributed by atoms with van der Waals surface area (Å²) in [5.41, 5.74) is 10.2. The minimum atomic E-state index is -0.659. The molecule has 0 spiro atoms. The lowest BCUT2D eigenvalue weighted by molar-refractivity contribution is 0.0519. The number of hydrogen-bond acceptors (Lipinski definition) is 8. The highest BCUT2D eigenvalue weighted by Crippen LogP contribution is 2.37. The summed E-state index contributed by atoms with van der Waals surface area (Å²) in [6, 6.07) is 19.5. The first-order valence-electron chi connectivity index (χ1n) is 9.68. The zero-order valence-electron chi connectivity index (χ0n) is 16.6. The van der Waals surface area contributed by atoms with Crippen molar-refractivity contribution < 1.29 is 9.53 Å². The van der Waals surface area contributed by atoms with Crippen LogP contribution in [0.2, 0.25) is 0 Å². The van der Waals surface area contributed by atoms with E-state index in [1.54, 1.807) is 6.92 Å². The third-order valence-electron chi connectivity index (χ3n) is 4.87. The van der Waals surface area contributed by atoms with Crippen molar-refractivity contribution in [2.45, 2.75) is 6.92 Å². The van der Waals surface area contributed by atoms with E-state index in [2.05, 4.69) is 25.5 Å². The second kappa shape index (κ2) is 7.45. The third-order valence-corrected chi connectivity index (χ3v) is 4.87. The number of ether oxygens (including phenoxy) is 1. The van der Waals surface area contributed by atoms with Gasteiger partial charge in [-0.3, -0.25) is 0 Å². The zero-order valence-corrected chi connectivity index (χ0v) is 16.6. The molecular formula is C22H17N7O2. The molecule has 152 valence electrons. The number of anilines is 1. The fraction of sp³-hybridized carbons (Fsp3) is 0.0909. The molecule has 3 heterocycles. The largest absolute Gasteiger partial charge is 0.461 e. The summed E-state index contributed by atoms with van der Waals surface area (Å²) in [6.07, 6.45) is 0. The van der Waals surface area contributed by atoms with Crippen LogP contribution in [0.15, 0.2) is 60.7 Å². The summed E-state index contributed by atoms with van der Waals surface area (Å²) < 4.78 is 6.37. The van der Waals surface area contributed by atoms with E-state index in [1.165, 1.54) is 4.52 Å². The molecule has 0 amide bonds. The van der Waals surface area contributed by atoms with Gasteiger partial charge in [-0.2, -0.15) is 4.52 Å². The van der Waals surface area contributed by atoms with Crippen LogP contribution in [0.3, 0.4) is 0 Å². The van der Waals surface area contributed by atoms with Crippen LogP contribution in [-0.2, 0) is 4.74 Å². The Labute approximate surface area is 176 Å². The number of carbonyl (C=O) groups is 1. The highest BCUT2D eigenvalue weighted by molar-refractivity contribution is 6.07. The Morgan fingerprint density at radius 3 is 2.29 bits per heavy atom. The molecule has 0 saturated heterocycles. The van der Waals surface area contributed by atoms with Crippen molar-refractivity contribution in [2.75, 3.05) is 12.3 Å². The first kappa shape index (κ1) is 18.6. The van der Waals surface area contributed by atoms with Gasteiger partial charge < -0.3 is 10.5 Å². The number of nitrogens with two attached hydrogens (primary N) is 1. The van der Waals surface area contributed by atoms with Crippen molar-refractivity contribution >= 4 is 28.5 Å². The number of benzene rings is 2. The monoisotopic (exact) mass is 411 g/mol. The van der Waals surface area contributed by atoms with Crippen LogP contribution < -0.4 is 5.73 Å². The SMILES string of the molecule is CCOC(=O)c1nnc2c3c(-c4ccccc4)c(-c4ccccc4)nnc3nn2c1N. The average Bonchev–Trinajstić information content (AvgIpc) is 3.20. The van der Waals surface area contributed by atoms with Crippen molar-refractivity contribution in [1.29, 1.82) is 0 Å². The Hall–Kier alpha value is -4.40. The topological polar surface area (TPSA) is 121 Å². The summed E-state index contributed by atoms with van der Waals surface area (Å²) in [7, 11) is 0. The van der Waals surface area contributed by atoms with Crippen LogP contribution in [0.5, 0.6) is 0 Å². The predicted octanol–water partition coefficient (Wildman–Crippen LogP) is 3.16. The number of fused-ring (bicyclic) bond motifs is 3. The van der Waals surface area contributed by atoms with Gasteiger partial charge in [0.1, 0.15) is 5.69 Å². The summed E-state index contributed by atoms with van der Waals surface area (Å²) in [4.78, 5) is 12.2. The van der Waals surface area contributed by atoms with Crippen LogP contribution >= 0.6 is 0 Å². The van der Waals surface area contributed by atoms with Gasteiger partial charge in [-0.25, -0.2) is 4.79 Å². The molecule has 5 rings (SSSR count). The van der Waals surface area contributed by atoms with Crippen molar-refractivity contribution in [3.05, 3.63) is 66.4 Å². The van der Waals surface area contributed by atoms with Crippen LogP contribution in [0, 0.1) is 0 Å². The molecule has 0 bridgehead atoms. The van der Waals surface area contributed by atoms with E-state index in [4.69, 9.17) is 10.5 Å². The summed E-state index contributed by atoms with van der Waals surface area (Å²) >= 11 is 0. The lowest BCUT2D eigenvalue weighted by Gasteiger charge is -2.10. The van der Waals surface area contributed by atoms with E-state index < -0.39 is 5.97 Å². The molecule has 0 radical (unpaired) electrons. The number of carbonyl (C=O) groups excluding carboxylic acids is 1. The molecule has 3 aromatic heterocycles. The third kappa shape index (κ3) is 3.03. The fourth-order valence-electron chi connectivity index (χ4n) is 3.50. The second-order valence-corrected chi connectivity index (χ2v) is 6.74. The first-order valence-corrected chi connectivity index (χ1v) is 9.68. The quantitative estimate of drug-likeness (QED) is 0.448. The molecule has 0 saturated carbocycles. The molecule has 9 nitrogen and oxygen atoms in total. The Morgan fingerprint density at radius 2 is 1.61 bits per heavy atom. The number of hydrogen-bond donors (Lipinski definition) is 1. The van der Waals surface area contributed by atoms with Crippen LogP contribution in [0.25, 0.3) is 39.1 Å². The molecule has 0 fully saturated rings. The van der Waals surface area contributed by atoms with E-state index in [1.807, 2.05) is 60.7 Å². The maximum Gasteiger partial charge on any atom is 0.362 e. The first-order chi connectivity index (χ1) is 15.2. The molecule has 0 aliphatic carbocycles. The van der Waals surface area contributed by atoms with E-state index in [9.17, 15) is 4.79 Å². The smallest absolute Gasteiger partial charge is 0.362 e. The van der Waals surface area contributed by atoms with E-state index in [0.29, 0.717) is 22.4 Å². The van der Waals surface area contributed by atoms with Crippen LogP contribution in [0.1, 0.15) is 17.4 Å². The van der Waals surface area contributed by atoms with Crippen molar-refractivity contribution in [3.63, 3.8) is 0 Å². The number of esters is 1. The fourth-order valence-corrected chi connectivity index (χ4v) is 3.50. The van der Waals surface area contributed by atoms with Gasteiger partial charge in [0.05, 0.1) is 12.0 Å². The van der Waals surface area contributed by atoms with Crippen LogP contribution in [-0.4, -0.2) is 42.6 Å². The molecule has 9 heteroatoms. The summed E-state index contributed by atoms with van der Waals surface area (Å²) in [6.45, 7) is 1.90. The molecular weight excluding hydrogens is 394 g/mol. The van der Waals surface area contributed by atoms with Gasteiger partial charge in [-0.1, -0.05) is 60.7 Å². The standard InChI is InChI=1S/C22H17N7O2/c1-2-31-22(30)18-19(23)29-21(27-25-18)16-15(13-9-5-3-6-10-13)17(24-26-20(16)28-29)14-11-7-4-8-12-14/h3-12H,2,23H2,1H3. The minimum absolute atomic E-state index is 0.0294. The van der Waals surface area contributed by atoms with Crippen molar-refractivity contribution in [1.82, 2.24) is 30.0 Å². The Morgan fingerprint density at radius 1 is 0.935 bits per heavy atom. The molecule has 31 heavy (non-hydrogen) atoms. The molecule has 0 aliphatic heterocycles. The highest BCUT2D eigenvalue weighted by Gasteiger charge is 2.24. The van der Waals surface area contributed by atoms with E-state index >= 15 is 0 Å². The van der Waals surface area contributed by atoms with Gasteiger partial charge in [0.15, 0.2) is 11.5 Å². The van der Waals surface area contributed by atoms with Crippen molar-refractivity contribution in [3.8, 4) is 22.4 Å². The van der Waals surface area contributed by atoms with Gasteiger partial charge >= 0.3 is 5.97 Å². The zero-order chi connectivity index (χ0) is 21.4.